The number of aliphatic hydroxyl groups excluding tert-OH is 1. The summed E-state index contributed by atoms with van der Waals surface area (Å²) in [6, 6.07) is 5.77. The molecule has 18 heavy (non-hydrogen) atoms. The molecule has 2 rings (SSSR count). The minimum atomic E-state index is -2.61. The Labute approximate surface area is 107 Å². The third-order valence-electron chi connectivity index (χ3n) is 3.87. The van der Waals surface area contributed by atoms with Crippen molar-refractivity contribution in [3.63, 3.8) is 0 Å². The van der Waals surface area contributed by atoms with Gasteiger partial charge < -0.3 is 5.11 Å². The minimum Gasteiger partial charge on any atom is -0.388 e. The Hall–Kier alpha value is -0.960. The third kappa shape index (κ3) is 2.89. The van der Waals surface area contributed by atoms with Gasteiger partial charge in [0.2, 0.25) is 5.92 Å². The lowest BCUT2D eigenvalue weighted by Gasteiger charge is -2.32. The maximum absolute atomic E-state index is 13.4. The quantitative estimate of drug-likeness (QED) is 0.840. The van der Waals surface area contributed by atoms with Crippen LogP contribution in [0, 0.1) is 19.8 Å². The summed E-state index contributed by atoms with van der Waals surface area (Å²) in [5.41, 5.74) is 2.90. The average molecular weight is 254 g/mol. The highest BCUT2D eigenvalue weighted by Gasteiger charge is 2.39. The summed E-state index contributed by atoms with van der Waals surface area (Å²) >= 11 is 0. The van der Waals surface area contributed by atoms with Gasteiger partial charge in [-0.25, -0.2) is 8.78 Å². The smallest absolute Gasteiger partial charge is 0.248 e. The zero-order chi connectivity index (χ0) is 13.3. The molecule has 0 radical (unpaired) electrons. The first-order chi connectivity index (χ1) is 8.39. The second kappa shape index (κ2) is 4.96. The number of aryl methyl sites for hydroxylation is 2. The van der Waals surface area contributed by atoms with Crippen molar-refractivity contribution in [1.82, 2.24) is 0 Å². The molecule has 0 aromatic heterocycles. The third-order valence-corrected chi connectivity index (χ3v) is 3.87. The lowest BCUT2D eigenvalue weighted by molar-refractivity contribution is -0.0762. The van der Waals surface area contributed by atoms with Gasteiger partial charge in [-0.2, -0.15) is 0 Å². The van der Waals surface area contributed by atoms with Crippen molar-refractivity contribution in [3.05, 3.63) is 34.9 Å². The molecule has 1 aliphatic carbocycles. The normalized spacial score (nSPS) is 24.8. The molecule has 1 fully saturated rings. The highest BCUT2D eigenvalue weighted by Crippen LogP contribution is 2.42. The monoisotopic (exact) mass is 254 g/mol. The van der Waals surface area contributed by atoms with Gasteiger partial charge in [-0.1, -0.05) is 23.8 Å². The van der Waals surface area contributed by atoms with Crippen LogP contribution >= 0.6 is 0 Å². The number of benzene rings is 1. The SMILES string of the molecule is Cc1ccc(C(O)C2CCCC(F)(F)C2)c(C)c1. The molecular formula is C15H20F2O. The molecule has 1 aromatic carbocycles. The second-order valence-corrected chi connectivity index (χ2v) is 5.52. The molecule has 0 saturated heterocycles. The van der Waals surface area contributed by atoms with Crippen LogP contribution in [0.2, 0.25) is 0 Å². The fraction of sp³-hybridized carbons (Fsp3) is 0.600. The van der Waals surface area contributed by atoms with Crippen LogP contribution in [-0.4, -0.2) is 11.0 Å². The predicted octanol–water partition coefficient (Wildman–Crippen LogP) is 4.16. The Morgan fingerprint density at radius 1 is 1.33 bits per heavy atom. The van der Waals surface area contributed by atoms with E-state index in [1.807, 2.05) is 32.0 Å². The van der Waals surface area contributed by atoms with Crippen LogP contribution in [0.5, 0.6) is 0 Å². The fourth-order valence-corrected chi connectivity index (χ4v) is 2.89. The number of halogens is 2. The van der Waals surface area contributed by atoms with Gasteiger partial charge in [0.05, 0.1) is 6.10 Å². The van der Waals surface area contributed by atoms with Crippen molar-refractivity contribution in [2.24, 2.45) is 5.92 Å². The summed E-state index contributed by atoms with van der Waals surface area (Å²) in [6.45, 7) is 3.91. The molecule has 2 unspecified atom stereocenters. The predicted molar refractivity (Wildman–Crippen MR) is 67.8 cm³/mol. The van der Waals surface area contributed by atoms with Crippen molar-refractivity contribution in [3.8, 4) is 0 Å². The van der Waals surface area contributed by atoms with E-state index in [4.69, 9.17) is 0 Å². The van der Waals surface area contributed by atoms with E-state index in [2.05, 4.69) is 0 Å². The van der Waals surface area contributed by atoms with Gasteiger partial charge in [-0.15, -0.1) is 0 Å². The summed E-state index contributed by atoms with van der Waals surface area (Å²) in [6.07, 6.45) is 0.186. The van der Waals surface area contributed by atoms with Crippen LogP contribution < -0.4 is 0 Å². The number of aliphatic hydroxyl groups is 1. The first-order valence-corrected chi connectivity index (χ1v) is 6.52. The highest BCUT2D eigenvalue weighted by molar-refractivity contribution is 5.32. The summed E-state index contributed by atoms with van der Waals surface area (Å²) in [5, 5.41) is 10.3. The van der Waals surface area contributed by atoms with E-state index >= 15 is 0 Å². The zero-order valence-corrected chi connectivity index (χ0v) is 10.9. The number of hydrogen-bond acceptors (Lipinski definition) is 1. The molecule has 1 N–H and O–H groups in total. The van der Waals surface area contributed by atoms with Crippen molar-refractivity contribution in [2.45, 2.75) is 51.6 Å². The van der Waals surface area contributed by atoms with E-state index in [1.54, 1.807) is 0 Å². The van der Waals surface area contributed by atoms with Crippen LogP contribution in [0.15, 0.2) is 18.2 Å². The van der Waals surface area contributed by atoms with E-state index in [1.165, 1.54) is 0 Å². The maximum atomic E-state index is 13.4. The Bertz CT molecular complexity index is 429. The Kier molecular flexibility index (Phi) is 3.71. The first kappa shape index (κ1) is 13.5. The zero-order valence-electron chi connectivity index (χ0n) is 10.9. The lowest BCUT2D eigenvalue weighted by Crippen LogP contribution is -2.29. The summed E-state index contributed by atoms with van der Waals surface area (Å²) in [7, 11) is 0. The van der Waals surface area contributed by atoms with E-state index in [-0.39, 0.29) is 18.8 Å². The molecule has 1 saturated carbocycles. The number of alkyl halides is 2. The minimum absolute atomic E-state index is 0.0386. The van der Waals surface area contributed by atoms with Crippen LogP contribution in [0.25, 0.3) is 0 Å². The summed E-state index contributed by atoms with van der Waals surface area (Å²) < 4.78 is 26.8. The largest absolute Gasteiger partial charge is 0.388 e. The van der Waals surface area contributed by atoms with Gasteiger partial charge in [0, 0.05) is 12.8 Å². The molecule has 0 aliphatic heterocycles. The van der Waals surface area contributed by atoms with Crippen LogP contribution in [0.4, 0.5) is 8.78 Å². The Balaban J connectivity index is 2.17. The molecule has 3 heteroatoms. The molecule has 0 spiro atoms. The molecule has 1 aromatic rings. The van der Waals surface area contributed by atoms with Crippen molar-refractivity contribution in [2.75, 3.05) is 0 Å². The molecule has 2 atom stereocenters. The molecule has 100 valence electrons. The standard InChI is InChI=1S/C15H20F2O/c1-10-5-6-13(11(2)8-10)14(18)12-4-3-7-15(16,17)9-12/h5-6,8,12,14,18H,3-4,7,9H2,1-2H3. The van der Waals surface area contributed by atoms with E-state index < -0.39 is 12.0 Å². The van der Waals surface area contributed by atoms with E-state index in [0.717, 1.165) is 16.7 Å². The van der Waals surface area contributed by atoms with Gasteiger partial charge in [0.15, 0.2) is 0 Å². The van der Waals surface area contributed by atoms with Crippen molar-refractivity contribution >= 4 is 0 Å². The van der Waals surface area contributed by atoms with Crippen molar-refractivity contribution < 1.29 is 13.9 Å². The van der Waals surface area contributed by atoms with Gasteiger partial charge in [-0.05, 0) is 43.7 Å². The molecule has 1 aliphatic rings. The van der Waals surface area contributed by atoms with Crippen LogP contribution in [0.1, 0.15) is 48.5 Å². The molecule has 0 bridgehead atoms. The van der Waals surface area contributed by atoms with Crippen LogP contribution in [-0.2, 0) is 0 Å². The maximum Gasteiger partial charge on any atom is 0.248 e. The summed E-state index contributed by atoms with van der Waals surface area (Å²) in [5.74, 6) is -2.93. The fourth-order valence-electron chi connectivity index (χ4n) is 2.89. The molecule has 1 nitrogen and oxygen atoms in total. The van der Waals surface area contributed by atoms with Crippen molar-refractivity contribution in [1.29, 1.82) is 0 Å². The van der Waals surface area contributed by atoms with E-state index in [9.17, 15) is 13.9 Å². The number of rotatable bonds is 2. The van der Waals surface area contributed by atoms with E-state index in [0.29, 0.717) is 12.8 Å². The molecule has 0 heterocycles. The topological polar surface area (TPSA) is 20.2 Å². The summed E-state index contributed by atoms with van der Waals surface area (Å²) in [4.78, 5) is 0. The average Bonchev–Trinajstić information content (AvgIpc) is 2.27. The van der Waals surface area contributed by atoms with Crippen LogP contribution in [0.3, 0.4) is 0 Å². The second-order valence-electron chi connectivity index (χ2n) is 5.52. The molecule has 0 amide bonds. The van der Waals surface area contributed by atoms with Gasteiger partial charge in [0.1, 0.15) is 0 Å². The number of hydrogen-bond donors (Lipinski definition) is 1. The van der Waals surface area contributed by atoms with Gasteiger partial charge in [0.25, 0.3) is 0 Å². The van der Waals surface area contributed by atoms with Gasteiger partial charge in [-0.3, -0.25) is 0 Å². The Morgan fingerprint density at radius 3 is 2.67 bits per heavy atom. The molecular weight excluding hydrogens is 234 g/mol. The Morgan fingerprint density at radius 2 is 2.06 bits per heavy atom. The lowest BCUT2D eigenvalue weighted by atomic mass is 9.80. The first-order valence-electron chi connectivity index (χ1n) is 6.52. The van der Waals surface area contributed by atoms with Gasteiger partial charge >= 0.3 is 0 Å². The highest BCUT2D eigenvalue weighted by atomic mass is 19.3.